The van der Waals surface area contributed by atoms with Crippen LogP contribution in [0.4, 0.5) is 0 Å². The molecule has 1 aromatic rings. The van der Waals surface area contributed by atoms with E-state index < -0.39 is 0 Å². The highest BCUT2D eigenvalue weighted by molar-refractivity contribution is 6.18. The Balaban J connectivity index is 2.51. The van der Waals surface area contributed by atoms with E-state index in [2.05, 4.69) is 4.98 Å². The second kappa shape index (κ2) is 2.87. The predicted octanol–water partition coefficient (Wildman–Crippen LogP) is 0.472. The Bertz CT molecular complexity index is 365. The average molecular weight is 172 g/mol. The molecule has 2 heterocycles. The normalized spacial score (nSPS) is 15.8. The van der Waals surface area contributed by atoms with Gasteiger partial charge in [-0.25, -0.2) is 4.98 Å². The molecule has 1 aliphatic rings. The Labute approximate surface area is 78.2 Å². The topological polar surface area (TPSA) is 33.2 Å². The van der Waals surface area contributed by atoms with Gasteiger partial charge in [-0.3, -0.25) is 4.79 Å². The van der Waals surface area contributed by atoms with E-state index in [-0.39, 0.29) is 5.91 Å². The molecule has 4 heteroatoms. The highest BCUT2D eigenvalue weighted by atomic mass is 16.2. The smallest absolute Gasteiger partial charge is 0.259 e. The van der Waals surface area contributed by atoms with Gasteiger partial charge in [0.05, 0.1) is 0 Å². The maximum Gasteiger partial charge on any atom is 0.259 e. The van der Waals surface area contributed by atoms with Crippen molar-refractivity contribution in [3.8, 4) is 0 Å². The number of amides is 1. The van der Waals surface area contributed by atoms with E-state index in [0.717, 1.165) is 17.7 Å². The summed E-state index contributed by atoms with van der Waals surface area (Å²) in [5.74, 6) is -0.176. The highest BCUT2D eigenvalue weighted by Gasteiger charge is 2.21. The van der Waals surface area contributed by atoms with Crippen LogP contribution >= 0.6 is 0 Å². The lowest BCUT2D eigenvalue weighted by Gasteiger charge is -2.24. The molecule has 0 unspecified atom stereocenters. The van der Waals surface area contributed by atoms with E-state index in [1.807, 2.05) is 19.1 Å². The van der Waals surface area contributed by atoms with Crippen molar-refractivity contribution >= 4 is 13.9 Å². The second-order valence-corrected chi connectivity index (χ2v) is 3.21. The van der Waals surface area contributed by atoms with Gasteiger partial charge in [0.15, 0.2) is 0 Å². The fraction of sp³-hybridized carbons (Fsp3) is 0.333. The molecule has 0 bridgehead atoms. The maximum absolute atomic E-state index is 11.5. The standard InChI is InChI=1S/C9H9BN2O/c1-6-2-3-7-4-5-12(10)9(13)8(7)11-6/h2-3H,4-5H2,1H3. The van der Waals surface area contributed by atoms with Crippen molar-refractivity contribution in [2.45, 2.75) is 13.3 Å². The summed E-state index contributed by atoms with van der Waals surface area (Å²) in [7, 11) is 5.49. The van der Waals surface area contributed by atoms with Gasteiger partial charge < -0.3 is 4.81 Å². The minimum Gasteiger partial charge on any atom is -0.391 e. The monoisotopic (exact) mass is 172 g/mol. The average Bonchev–Trinajstić information content (AvgIpc) is 2.12. The van der Waals surface area contributed by atoms with E-state index in [9.17, 15) is 4.79 Å². The first-order chi connectivity index (χ1) is 6.18. The van der Waals surface area contributed by atoms with Crippen molar-refractivity contribution in [1.82, 2.24) is 9.79 Å². The zero-order valence-electron chi connectivity index (χ0n) is 7.45. The molecule has 0 saturated heterocycles. The lowest BCUT2D eigenvalue weighted by atomic mass is 10.0. The van der Waals surface area contributed by atoms with Crippen LogP contribution in [0.1, 0.15) is 21.7 Å². The summed E-state index contributed by atoms with van der Waals surface area (Å²) in [6, 6.07) is 3.86. The van der Waals surface area contributed by atoms with Crippen LogP contribution in [0.15, 0.2) is 12.1 Å². The predicted molar refractivity (Wildman–Crippen MR) is 49.5 cm³/mol. The third-order valence-electron chi connectivity index (χ3n) is 2.20. The molecule has 2 rings (SSSR count). The van der Waals surface area contributed by atoms with Crippen LogP contribution in [-0.4, -0.2) is 30.2 Å². The number of carbonyl (C=O) groups excluding carboxylic acids is 1. The minimum absolute atomic E-state index is 0.176. The van der Waals surface area contributed by atoms with Gasteiger partial charge in [0.1, 0.15) is 5.69 Å². The van der Waals surface area contributed by atoms with Crippen LogP contribution in [-0.2, 0) is 6.42 Å². The fourth-order valence-electron chi connectivity index (χ4n) is 1.45. The summed E-state index contributed by atoms with van der Waals surface area (Å²) in [5, 5.41) is 0. The van der Waals surface area contributed by atoms with Gasteiger partial charge >= 0.3 is 0 Å². The molecule has 1 amide bonds. The number of hydrogen-bond donors (Lipinski definition) is 0. The van der Waals surface area contributed by atoms with E-state index in [1.165, 1.54) is 4.81 Å². The largest absolute Gasteiger partial charge is 0.391 e. The molecule has 0 aromatic carbocycles. The molecule has 0 saturated carbocycles. The number of aromatic nitrogens is 1. The van der Waals surface area contributed by atoms with Crippen molar-refractivity contribution in [1.29, 1.82) is 0 Å². The number of pyridine rings is 1. The summed E-state index contributed by atoms with van der Waals surface area (Å²) in [5.41, 5.74) is 2.36. The molecule has 3 nitrogen and oxygen atoms in total. The highest BCUT2D eigenvalue weighted by Crippen LogP contribution is 2.15. The maximum atomic E-state index is 11.5. The summed E-state index contributed by atoms with van der Waals surface area (Å²) in [4.78, 5) is 16.9. The molecular formula is C9H9BN2O. The fourth-order valence-corrected chi connectivity index (χ4v) is 1.45. The number of aryl methyl sites for hydroxylation is 1. The third kappa shape index (κ3) is 1.32. The second-order valence-electron chi connectivity index (χ2n) is 3.21. The number of nitrogens with zero attached hydrogens (tertiary/aromatic N) is 2. The van der Waals surface area contributed by atoms with Gasteiger partial charge in [0.25, 0.3) is 5.91 Å². The molecule has 1 aliphatic heterocycles. The molecule has 0 N–H and O–H groups in total. The third-order valence-corrected chi connectivity index (χ3v) is 2.20. The summed E-state index contributed by atoms with van der Waals surface area (Å²) >= 11 is 0. The number of fused-ring (bicyclic) bond motifs is 1. The van der Waals surface area contributed by atoms with Crippen molar-refractivity contribution in [3.63, 3.8) is 0 Å². The van der Waals surface area contributed by atoms with Gasteiger partial charge in [0.2, 0.25) is 7.98 Å². The van der Waals surface area contributed by atoms with Crippen molar-refractivity contribution in [2.75, 3.05) is 6.54 Å². The molecule has 2 radical (unpaired) electrons. The lowest BCUT2D eigenvalue weighted by Crippen LogP contribution is -2.36. The van der Waals surface area contributed by atoms with E-state index in [4.69, 9.17) is 7.98 Å². The van der Waals surface area contributed by atoms with Crippen LogP contribution in [0.2, 0.25) is 0 Å². The SMILES string of the molecule is [B]N1CCc2ccc(C)nc2C1=O. The first kappa shape index (κ1) is 8.29. The van der Waals surface area contributed by atoms with Gasteiger partial charge in [-0.1, -0.05) is 6.07 Å². The summed E-state index contributed by atoms with van der Waals surface area (Å²) in [6.07, 6.45) is 0.796. The molecule has 0 fully saturated rings. The number of carbonyl (C=O) groups is 1. The summed E-state index contributed by atoms with van der Waals surface area (Å²) < 4.78 is 0. The van der Waals surface area contributed by atoms with Crippen molar-refractivity contribution in [3.05, 3.63) is 29.1 Å². The van der Waals surface area contributed by atoms with E-state index in [0.29, 0.717) is 12.2 Å². The zero-order chi connectivity index (χ0) is 9.42. The van der Waals surface area contributed by atoms with Crippen LogP contribution in [0, 0.1) is 6.92 Å². The first-order valence-corrected chi connectivity index (χ1v) is 4.21. The molecule has 0 aliphatic carbocycles. The van der Waals surface area contributed by atoms with Crippen LogP contribution in [0.25, 0.3) is 0 Å². The van der Waals surface area contributed by atoms with Gasteiger partial charge in [-0.05, 0) is 25.0 Å². The molecule has 0 atom stereocenters. The van der Waals surface area contributed by atoms with E-state index >= 15 is 0 Å². The Kier molecular flexibility index (Phi) is 1.83. The number of hydrogen-bond acceptors (Lipinski definition) is 2. The van der Waals surface area contributed by atoms with Gasteiger partial charge in [0, 0.05) is 12.2 Å². The van der Waals surface area contributed by atoms with Gasteiger partial charge in [-0.2, -0.15) is 0 Å². The Hall–Kier alpha value is -1.32. The van der Waals surface area contributed by atoms with Crippen LogP contribution < -0.4 is 0 Å². The van der Waals surface area contributed by atoms with E-state index in [1.54, 1.807) is 0 Å². The van der Waals surface area contributed by atoms with Crippen LogP contribution in [0.3, 0.4) is 0 Å². The van der Waals surface area contributed by atoms with Crippen molar-refractivity contribution in [2.24, 2.45) is 0 Å². The Morgan fingerprint density at radius 1 is 1.54 bits per heavy atom. The Morgan fingerprint density at radius 2 is 2.31 bits per heavy atom. The molecule has 0 spiro atoms. The molecular weight excluding hydrogens is 163 g/mol. The Morgan fingerprint density at radius 3 is 3.08 bits per heavy atom. The van der Waals surface area contributed by atoms with Crippen LogP contribution in [0.5, 0.6) is 0 Å². The zero-order valence-corrected chi connectivity index (χ0v) is 7.45. The quantitative estimate of drug-likeness (QED) is 0.533. The summed E-state index contributed by atoms with van der Waals surface area (Å²) in [6.45, 7) is 2.44. The molecule has 64 valence electrons. The van der Waals surface area contributed by atoms with Crippen molar-refractivity contribution < 1.29 is 4.79 Å². The van der Waals surface area contributed by atoms with Gasteiger partial charge in [-0.15, -0.1) is 0 Å². The molecule has 13 heavy (non-hydrogen) atoms. The first-order valence-electron chi connectivity index (χ1n) is 4.21. The minimum atomic E-state index is -0.176. The lowest BCUT2D eigenvalue weighted by molar-refractivity contribution is 0.0845. The number of rotatable bonds is 0. The molecule has 1 aromatic heterocycles.